The Hall–Kier alpha value is -2.64. The predicted molar refractivity (Wildman–Crippen MR) is 110 cm³/mol. The first-order valence-electron chi connectivity index (χ1n) is 9.51. The summed E-state index contributed by atoms with van der Waals surface area (Å²) in [6.45, 7) is 0.836. The summed E-state index contributed by atoms with van der Waals surface area (Å²) in [7, 11) is 0. The lowest BCUT2D eigenvalue weighted by atomic mass is 10.1. The quantitative estimate of drug-likeness (QED) is 0.496. The van der Waals surface area contributed by atoms with E-state index < -0.39 is 0 Å². The third-order valence-corrected chi connectivity index (χ3v) is 6.14. The molecular formula is C21H20N4O2S. The zero-order chi connectivity index (χ0) is 18.9. The summed E-state index contributed by atoms with van der Waals surface area (Å²) in [6.07, 6.45) is 3.68. The van der Waals surface area contributed by atoms with E-state index in [0.29, 0.717) is 11.2 Å². The summed E-state index contributed by atoms with van der Waals surface area (Å²) < 4.78 is 9.47. The molecule has 1 saturated heterocycles. The summed E-state index contributed by atoms with van der Waals surface area (Å²) in [6, 6.07) is 17.2. The summed E-state index contributed by atoms with van der Waals surface area (Å²) >= 11 is 1.64. The first-order chi connectivity index (χ1) is 13.8. The molecule has 6 nitrogen and oxygen atoms in total. The number of fused-ring (bicyclic) bond motifs is 3. The van der Waals surface area contributed by atoms with Crippen molar-refractivity contribution in [3.05, 3.63) is 65.0 Å². The molecule has 0 saturated carbocycles. The Morgan fingerprint density at radius 2 is 1.86 bits per heavy atom. The Morgan fingerprint density at radius 3 is 2.68 bits per heavy atom. The highest BCUT2D eigenvalue weighted by atomic mass is 32.2. The van der Waals surface area contributed by atoms with Crippen LogP contribution in [0.3, 0.4) is 0 Å². The normalized spacial score (nSPS) is 17.4. The average Bonchev–Trinajstić information content (AvgIpc) is 3.18. The van der Waals surface area contributed by atoms with E-state index in [1.807, 2.05) is 59.0 Å². The number of rotatable bonds is 4. The Labute approximate surface area is 166 Å². The summed E-state index contributed by atoms with van der Waals surface area (Å²) in [5.74, 6) is 1.36. The van der Waals surface area contributed by atoms with Gasteiger partial charge in [0.25, 0.3) is 5.56 Å². The molecule has 2 aromatic heterocycles. The van der Waals surface area contributed by atoms with Crippen LogP contribution >= 0.6 is 11.8 Å². The van der Waals surface area contributed by atoms with Gasteiger partial charge in [-0.2, -0.15) is 0 Å². The smallest absolute Gasteiger partial charge is 0.267 e. The van der Waals surface area contributed by atoms with Gasteiger partial charge in [0.15, 0.2) is 5.16 Å². The largest absolute Gasteiger partial charge is 0.377 e. The number of thioether (sulfide) groups is 1. The predicted octanol–water partition coefficient (Wildman–Crippen LogP) is 3.69. The number of ether oxygens (including phenoxy) is 1. The number of hydrogen-bond donors (Lipinski definition) is 0. The highest BCUT2D eigenvalue weighted by Gasteiger charge is 2.20. The monoisotopic (exact) mass is 392 g/mol. The molecule has 1 atom stereocenters. The fourth-order valence-corrected chi connectivity index (χ4v) is 4.69. The van der Waals surface area contributed by atoms with Gasteiger partial charge in [-0.3, -0.25) is 9.20 Å². The van der Waals surface area contributed by atoms with Crippen molar-refractivity contribution >= 4 is 28.4 Å². The van der Waals surface area contributed by atoms with Crippen molar-refractivity contribution in [3.8, 4) is 5.69 Å². The molecule has 3 heterocycles. The van der Waals surface area contributed by atoms with Crippen LogP contribution in [0.4, 0.5) is 0 Å². The first-order valence-corrected chi connectivity index (χ1v) is 10.5. The topological polar surface area (TPSA) is 61.4 Å². The van der Waals surface area contributed by atoms with Gasteiger partial charge in [0.1, 0.15) is 0 Å². The molecule has 0 N–H and O–H groups in total. The van der Waals surface area contributed by atoms with Gasteiger partial charge in [-0.25, -0.2) is 4.57 Å². The standard InChI is InChI=1S/C21H20N4O2S/c26-19-17-11-4-5-12-18(17)25-20(24(19)15-8-2-1-3-9-15)22-23-21(25)28-14-16-10-6-7-13-27-16/h1-5,8-9,11-12,16H,6-7,10,13-14H2/t16-/m0/s1. The van der Waals surface area contributed by atoms with Gasteiger partial charge in [-0.1, -0.05) is 42.1 Å². The molecule has 4 aromatic rings. The van der Waals surface area contributed by atoms with Gasteiger partial charge in [-0.15, -0.1) is 10.2 Å². The molecule has 1 aliphatic rings. The second-order valence-corrected chi connectivity index (χ2v) is 7.90. The van der Waals surface area contributed by atoms with Crippen molar-refractivity contribution in [2.24, 2.45) is 0 Å². The molecule has 0 unspecified atom stereocenters. The highest BCUT2D eigenvalue weighted by molar-refractivity contribution is 7.99. The molecule has 28 heavy (non-hydrogen) atoms. The molecule has 0 amide bonds. The number of nitrogens with zero attached hydrogens (tertiary/aromatic N) is 4. The number of aromatic nitrogens is 4. The van der Waals surface area contributed by atoms with E-state index in [2.05, 4.69) is 10.2 Å². The van der Waals surface area contributed by atoms with E-state index in [1.165, 1.54) is 6.42 Å². The number of hydrogen-bond acceptors (Lipinski definition) is 5. The van der Waals surface area contributed by atoms with Gasteiger partial charge >= 0.3 is 0 Å². The molecular weight excluding hydrogens is 372 g/mol. The Kier molecular flexibility index (Phi) is 4.62. The third-order valence-electron chi connectivity index (χ3n) is 5.08. The van der Waals surface area contributed by atoms with Crippen LogP contribution in [-0.4, -0.2) is 37.6 Å². The lowest BCUT2D eigenvalue weighted by Crippen LogP contribution is -2.22. The SMILES string of the molecule is O=c1c2ccccc2n2c(SC[C@@H]3CCCCO3)nnc2n1-c1ccccc1. The van der Waals surface area contributed by atoms with Crippen molar-refractivity contribution < 1.29 is 4.74 Å². The summed E-state index contributed by atoms with van der Waals surface area (Å²) in [4.78, 5) is 13.2. The minimum Gasteiger partial charge on any atom is -0.377 e. The minimum absolute atomic E-state index is 0.0890. The Balaban J connectivity index is 1.67. The first kappa shape index (κ1) is 17.5. The second-order valence-electron chi connectivity index (χ2n) is 6.91. The van der Waals surface area contributed by atoms with Crippen LogP contribution in [0.25, 0.3) is 22.4 Å². The van der Waals surface area contributed by atoms with Crippen molar-refractivity contribution in [1.29, 1.82) is 0 Å². The maximum absolute atomic E-state index is 13.2. The van der Waals surface area contributed by atoms with Gasteiger partial charge in [0.05, 0.1) is 22.7 Å². The number of para-hydroxylation sites is 2. The van der Waals surface area contributed by atoms with Gasteiger partial charge in [0.2, 0.25) is 5.78 Å². The molecule has 0 aliphatic carbocycles. The zero-order valence-electron chi connectivity index (χ0n) is 15.3. The molecule has 7 heteroatoms. The molecule has 1 fully saturated rings. The van der Waals surface area contributed by atoms with E-state index in [9.17, 15) is 4.79 Å². The van der Waals surface area contributed by atoms with E-state index in [0.717, 1.165) is 41.6 Å². The lowest BCUT2D eigenvalue weighted by molar-refractivity contribution is 0.0315. The zero-order valence-corrected chi connectivity index (χ0v) is 16.1. The molecule has 0 radical (unpaired) electrons. The molecule has 0 bridgehead atoms. The van der Waals surface area contributed by atoms with Crippen molar-refractivity contribution in [2.45, 2.75) is 30.5 Å². The molecule has 142 valence electrons. The molecule has 2 aromatic carbocycles. The van der Waals surface area contributed by atoms with Crippen molar-refractivity contribution in [2.75, 3.05) is 12.4 Å². The highest BCUT2D eigenvalue weighted by Crippen LogP contribution is 2.26. The van der Waals surface area contributed by atoms with E-state index >= 15 is 0 Å². The van der Waals surface area contributed by atoms with E-state index in [4.69, 9.17) is 4.74 Å². The maximum Gasteiger partial charge on any atom is 0.267 e. The summed E-state index contributed by atoms with van der Waals surface area (Å²) in [5.41, 5.74) is 1.52. The van der Waals surface area contributed by atoms with Crippen molar-refractivity contribution in [3.63, 3.8) is 0 Å². The van der Waals surface area contributed by atoms with Crippen LogP contribution in [0, 0.1) is 0 Å². The maximum atomic E-state index is 13.2. The van der Waals surface area contributed by atoms with E-state index in [1.54, 1.807) is 16.3 Å². The number of benzene rings is 2. The molecule has 1 aliphatic heterocycles. The lowest BCUT2D eigenvalue weighted by Gasteiger charge is -2.21. The molecule has 0 spiro atoms. The van der Waals surface area contributed by atoms with Gasteiger partial charge in [-0.05, 0) is 43.5 Å². The second kappa shape index (κ2) is 7.41. The van der Waals surface area contributed by atoms with Crippen LogP contribution in [0.15, 0.2) is 64.5 Å². The minimum atomic E-state index is -0.0890. The fraction of sp³-hybridized carbons (Fsp3) is 0.286. The van der Waals surface area contributed by atoms with Gasteiger partial charge < -0.3 is 4.74 Å². The van der Waals surface area contributed by atoms with Crippen LogP contribution < -0.4 is 5.56 Å². The average molecular weight is 392 g/mol. The van der Waals surface area contributed by atoms with Crippen molar-refractivity contribution in [1.82, 2.24) is 19.2 Å². The van der Waals surface area contributed by atoms with Crippen LogP contribution in [0.5, 0.6) is 0 Å². The van der Waals surface area contributed by atoms with Crippen LogP contribution in [0.2, 0.25) is 0 Å². The Morgan fingerprint density at radius 1 is 1.04 bits per heavy atom. The Bertz CT molecular complexity index is 1180. The summed E-state index contributed by atoms with van der Waals surface area (Å²) in [5, 5.41) is 10.2. The van der Waals surface area contributed by atoms with Gasteiger partial charge in [0, 0.05) is 12.4 Å². The third kappa shape index (κ3) is 3.00. The molecule has 5 rings (SSSR count). The fourth-order valence-electron chi connectivity index (χ4n) is 3.69. The van der Waals surface area contributed by atoms with Crippen LogP contribution in [-0.2, 0) is 4.74 Å². The van der Waals surface area contributed by atoms with E-state index in [-0.39, 0.29) is 11.7 Å². The van der Waals surface area contributed by atoms with Crippen LogP contribution in [0.1, 0.15) is 19.3 Å².